The maximum Gasteiger partial charge on any atom is 0.0445 e. The average Bonchev–Trinajstić information content (AvgIpc) is 2.79. The molecule has 1 atom stereocenters. The normalized spacial score (nSPS) is 24.6. The Morgan fingerprint density at radius 2 is 2.14 bits per heavy atom. The summed E-state index contributed by atoms with van der Waals surface area (Å²) >= 11 is 1.91. The molecular weight excluding hydrogens is 190 g/mol. The maximum absolute atomic E-state index is 3.83. The Balaban J connectivity index is 1.69. The molecule has 0 unspecified atom stereocenters. The number of nitrogens with one attached hydrogen (secondary N) is 1. The minimum Gasteiger partial charge on any atom is -0.306 e. The number of hydrogen-bond acceptors (Lipinski definition) is 2. The molecule has 0 amide bonds. The lowest BCUT2D eigenvalue weighted by atomic mass is 9.91. The number of rotatable bonds is 4. The van der Waals surface area contributed by atoms with Crippen molar-refractivity contribution in [1.29, 1.82) is 0 Å². The SMILES string of the molecule is c1csc([C@@H](NC2CCC2)C2CC2)c1. The molecule has 0 bridgehead atoms. The van der Waals surface area contributed by atoms with Crippen LogP contribution in [0.15, 0.2) is 17.5 Å². The van der Waals surface area contributed by atoms with Crippen molar-refractivity contribution in [3.63, 3.8) is 0 Å². The highest BCUT2D eigenvalue weighted by Gasteiger charge is 2.35. The molecule has 14 heavy (non-hydrogen) atoms. The van der Waals surface area contributed by atoms with Gasteiger partial charge in [0, 0.05) is 17.0 Å². The first-order valence-corrected chi connectivity index (χ1v) is 6.61. The molecule has 1 N–H and O–H groups in total. The zero-order valence-corrected chi connectivity index (χ0v) is 9.22. The topological polar surface area (TPSA) is 12.0 Å². The Kier molecular flexibility index (Phi) is 2.34. The lowest BCUT2D eigenvalue weighted by molar-refractivity contribution is 0.293. The summed E-state index contributed by atoms with van der Waals surface area (Å²) in [5.41, 5.74) is 0. The third-order valence-electron chi connectivity index (χ3n) is 3.46. The van der Waals surface area contributed by atoms with E-state index in [4.69, 9.17) is 0 Å². The van der Waals surface area contributed by atoms with E-state index in [1.807, 2.05) is 11.3 Å². The number of thiophene rings is 1. The van der Waals surface area contributed by atoms with E-state index in [0.717, 1.165) is 12.0 Å². The second-order valence-electron chi connectivity index (χ2n) is 4.63. The van der Waals surface area contributed by atoms with Crippen molar-refractivity contribution >= 4 is 11.3 Å². The lowest BCUT2D eigenvalue weighted by Crippen LogP contribution is -2.38. The van der Waals surface area contributed by atoms with Gasteiger partial charge in [0.15, 0.2) is 0 Å². The highest BCUT2D eigenvalue weighted by Crippen LogP contribution is 2.43. The second kappa shape index (κ2) is 3.67. The number of hydrogen-bond donors (Lipinski definition) is 1. The van der Waals surface area contributed by atoms with Crippen LogP contribution in [-0.4, -0.2) is 6.04 Å². The molecule has 1 heterocycles. The van der Waals surface area contributed by atoms with Gasteiger partial charge in [0.1, 0.15) is 0 Å². The van der Waals surface area contributed by atoms with Gasteiger partial charge in [0.05, 0.1) is 0 Å². The highest BCUT2D eigenvalue weighted by atomic mass is 32.1. The van der Waals surface area contributed by atoms with Gasteiger partial charge >= 0.3 is 0 Å². The largest absolute Gasteiger partial charge is 0.306 e. The summed E-state index contributed by atoms with van der Waals surface area (Å²) in [6.45, 7) is 0. The van der Waals surface area contributed by atoms with Gasteiger partial charge in [-0.15, -0.1) is 11.3 Å². The molecule has 1 aromatic rings. The third-order valence-corrected chi connectivity index (χ3v) is 4.42. The molecule has 0 aliphatic heterocycles. The van der Waals surface area contributed by atoms with Crippen LogP contribution in [-0.2, 0) is 0 Å². The van der Waals surface area contributed by atoms with Crippen LogP contribution in [0, 0.1) is 5.92 Å². The molecule has 0 spiro atoms. The van der Waals surface area contributed by atoms with E-state index in [0.29, 0.717) is 6.04 Å². The average molecular weight is 207 g/mol. The summed E-state index contributed by atoms with van der Waals surface area (Å²) in [7, 11) is 0. The van der Waals surface area contributed by atoms with Crippen molar-refractivity contribution in [2.24, 2.45) is 5.92 Å². The van der Waals surface area contributed by atoms with Gasteiger partial charge in [0.2, 0.25) is 0 Å². The van der Waals surface area contributed by atoms with Crippen molar-refractivity contribution < 1.29 is 0 Å². The van der Waals surface area contributed by atoms with Gasteiger partial charge in [0.25, 0.3) is 0 Å². The fourth-order valence-electron chi connectivity index (χ4n) is 2.18. The third kappa shape index (κ3) is 1.73. The van der Waals surface area contributed by atoms with Gasteiger partial charge in [-0.25, -0.2) is 0 Å². The lowest BCUT2D eigenvalue weighted by Gasteiger charge is -2.31. The smallest absolute Gasteiger partial charge is 0.0445 e. The van der Waals surface area contributed by atoms with Crippen LogP contribution in [0.4, 0.5) is 0 Å². The fourth-order valence-corrected chi connectivity index (χ4v) is 3.06. The van der Waals surface area contributed by atoms with Crippen LogP contribution in [0.3, 0.4) is 0 Å². The van der Waals surface area contributed by atoms with E-state index in [1.165, 1.54) is 32.1 Å². The standard InChI is InChI=1S/C12H17NS/c1-3-10(4-1)13-12(9-6-7-9)11-5-2-8-14-11/h2,5,8-10,12-13H,1,3-4,6-7H2/t12-/m0/s1. The van der Waals surface area contributed by atoms with E-state index in [-0.39, 0.29) is 0 Å². The van der Waals surface area contributed by atoms with Gasteiger partial charge in [-0.05, 0) is 43.0 Å². The first-order valence-electron chi connectivity index (χ1n) is 5.73. The van der Waals surface area contributed by atoms with Crippen LogP contribution < -0.4 is 5.32 Å². The van der Waals surface area contributed by atoms with Gasteiger partial charge < -0.3 is 5.32 Å². The summed E-state index contributed by atoms with van der Waals surface area (Å²) in [6.07, 6.45) is 7.09. The zero-order chi connectivity index (χ0) is 9.38. The molecule has 2 aliphatic carbocycles. The highest BCUT2D eigenvalue weighted by molar-refractivity contribution is 7.10. The molecule has 2 heteroatoms. The van der Waals surface area contributed by atoms with E-state index >= 15 is 0 Å². The van der Waals surface area contributed by atoms with E-state index in [2.05, 4.69) is 22.8 Å². The van der Waals surface area contributed by atoms with E-state index in [1.54, 1.807) is 4.88 Å². The van der Waals surface area contributed by atoms with E-state index < -0.39 is 0 Å². The van der Waals surface area contributed by atoms with Crippen LogP contribution in [0.25, 0.3) is 0 Å². The molecule has 2 saturated carbocycles. The van der Waals surface area contributed by atoms with E-state index in [9.17, 15) is 0 Å². The summed E-state index contributed by atoms with van der Waals surface area (Å²) in [5, 5.41) is 6.03. The first kappa shape index (κ1) is 8.93. The van der Waals surface area contributed by atoms with Crippen molar-refractivity contribution in [2.75, 3.05) is 0 Å². The molecule has 2 aliphatic rings. The Hall–Kier alpha value is -0.340. The fraction of sp³-hybridized carbons (Fsp3) is 0.667. The maximum atomic E-state index is 3.83. The second-order valence-corrected chi connectivity index (χ2v) is 5.60. The summed E-state index contributed by atoms with van der Waals surface area (Å²) in [5.74, 6) is 0.939. The summed E-state index contributed by atoms with van der Waals surface area (Å²) < 4.78 is 0. The Morgan fingerprint density at radius 1 is 1.29 bits per heavy atom. The van der Waals surface area contributed by atoms with Gasteiger partial charge in [-0.2, -0.15) is 0 Å². The quantitative estimate of drug-likeness (QED) is 0.798. The molecular formula is C12H17NS. The summed E-state index contributed by atoms with van der Waals surface area (Å²) in [4.78, 5) is 1.56. The van der Waals surface area contributed by atoms with Crippen LogP contribution in [0.5, 0.6) is 0 Å². The molecule has 2 fully saturated rings. The molecule has 0 radical (unpaired) electrons. The minimum absolute atomic E-state index is 0.681. The van der Waals surface area contributed by atoms with Crippen molar-refractivity contribution in [3.8, 4) is 0 Å². The molecule has 1 aromatic heterocycles. The Bertz CT molecular complexity index is 285. The van der Waals surface area contributed by atoms with Crippen LogP contribution in [0.1, 0.15) is 43.0 Å². The van der Waals surface area contributed by atoms with Crippen molar-refractivity contribution in [1.82, 2.24) is 5.32 Å². The monoisotopic (exact) mass is 207 g/mol. The first-order chi connectivity index (χ1) is 6.93. The van der Waals surface area contributed by atoms with Gasteiger partial charge in [-0.1, -0.05) is 12.5 Å². The van der Waals surface area contributed by atoms with Gasteiger partial charge in [-0.3, -0.25) is 0 Å². The predicted molar refractivity (Wildman–Crippen MR) is 60.6 cm³/mol. The van der Waals surface area contributed by atoms with Crippen LogP contribution >= 0.6 is 11.3 Å². The molecule has 1 nitrogen and oxygen atoms in total. The van der Waals surface area contributed by atoms with Crippen molar-refractivity contribution in [3.05, 3.63) is 22.4 Å². The van der Waals surface area contributed by atoms with Crippen LogP contribution in [0.2, 0.25) is 0 Å². The molecule has 0 saturated heterocycles. The summed E-state index contributed by atoms with van der Waals surface area (Å²) in [6, 6.07) is 5.97. The molecule has 3 rings (SSSR count). The minimum atomic E-state index is 0.681. The van der Waals surface area contributed by atoms with Crippen molar-refractivity contribution in [2.45, 2.75) is 44.2 Å². The Labute approximate surface area is 89.5 Å². The molecule has 76 valence electrons. The Morgan fingerprint density at radius 3 is 2.64 bits per heavy atom. The molecule has 0 aromatic carbocycles. The zero-order valence-electron chi connectivity index (χ0n) is 8.41. The predicted octanol–water partition coefficient (Wildman–Crippen LogP) is 3.34.